The van der Waals surface area contributed by atoms with Gasteiger partial charge in [-0.25, -0.2) is 0 Å². The minimum Gasteiger partial charge on any atom is -0.484 e. The van der Waals surface area contributed by atoms with Gasteiger partial charge in [0.25, 0.3) is 5.91 Å². The summed E-state index contributed by atoms with van der Waals surface area (Å²) in [5.41, 5.74) is 0. The van der Waals surface area contributed by atoms with Crippen LogP contribution in [-0.2, 0) is 4.79 Å². The number of hydrogen-bond acceptors (Lipinski definition) is 2. The van der Waals surface area contributed by atoms with Crippen molar-refractivity contribution >= 4 is 28.5 Å². The van der Waals surface area contributed by atoms with E-state index in [9.17, 15) is 4.79 Å². The third-order valence-corrected chi connectivity index (χ3v) is 3.01. The van der Waals surface area contributed by atoms with Crippen molar-refractivity contribution in [3.8, 4) is 5.75 Å². The summed E-state index contributed by atoms with van der Waals surface area (Å²) < 4.78 is 6.57. The van der Waals surface area contributed by atoms with Crippen LogP contribution in [0.5, 0.6) is 5.75 Å². The largest absolute Gasteiger partial charge is 0.484 e. The van der Waals surface area contributed by atoms with Gasteiger partial charge >= 0.3 is 0 Å². The fourth-order valence-corrected chi connectivity index (χ4v) is 1.70. The van der Waals surface area contributed by atoms with Crippen molar-refractivity contribution in [2.24, 2.45) is 0 Å². The second-order valence-electron chi connectivity index (χ2n) is 3.31. The molecule has 0 spiro atoms. The Bertz CT molecular complexity index is 333. The zero-order valence-corrected chi connectivity index (χ0v) is 11.7. The van der Waals surface area contributed by atoms with Crippen LogP contribution in [0.4, 0.5) is 0 Å². The Labute approximate surface area is 110 Å². The predicted octanol–water partition coefficient (Wildman–Crippen LogP) is 2.54. The summed E-state index contributed by atoms with van der Waals surface area (Å²) in [5, 5.41) is 0. The standard InChI is InChI=1S/C12H16INO2/c1-3-14(4-2)12(15)9-16-11-7-5-10(13)6-8-11/h5-8H,3-4,9H2,1-2H3. The van der Waals surface area contributed by atoms with Crippen LogP contribution in [0.2, 0.25) is 0 Å². The lowest BCUT2D eigenvalue weighted by atomic mass is 10.3. The first-order valence-corrected chi connectivity index (χ1v) is 6.41. The normalized spacial score (nSPS) is 9.94. The van der Waals surface area contributed by atoms with Crippen LogP contribution in [-0.4, -0.2) is 30.5 Å². The van der Waals surface area contributed by atoms with Gasteiger partial charge in [0, 0.05) is 16.7 Å². The highest BCUT2D eigenvalue weighted by Crippen LogP contribution is 2.13. The molecule has 0 saturated heterocycles. The van der Waals surface area contributed by atoms with E-state index < -0.39 is 0 Å². The molecule has 16 heavy (non-hydrogen) atoms. The maximum atomic E-state index is 11.6. The van der Waals surface area contributed by atoms with Crippen molar-refractivity contribution in [3.63, 3.8) is 0 Å². The molecule has 88 valence electrons. The monoisotopic (exact) mass is 333 g/mol. The molecule has 1 aromatic rings. The maximum Gasteiger partial charge on any atom is 0.260 e. The van der Waals surface area contributed by atoms with Gasteiger partial charge < -0.3 is 9.64 Å². The Balaban J connectivity index is 2.45. The Morgan fingerprint density at radius 3 is 2.31 bits per heavy atom. The molecule has 1 aromatic carbocycles. The number of amides is 1. The SMILES string of the molecule is CCN(CC)C(=O)COc1ccc(I)cc1. The molecule has 1 rings (SSSR count). The smallest absolute Gasteiger partial charge is 0.260 e. The number of ether oxygens (including phenoxy) is 1. The summed E-state index contributed by atoms with van der Waals surface area (Å²) in [6.07, 6.45) is 0. The number of hydrogen-bond donors (Lipinski definition) is 0. The van der Waals surface area contributed by atoms with E-state index in [0.717, 1.165) is 22.4 Å². The molecular formula is C12H16INO2. The van der Waals surface area contributed by atoms with Gasteiger partial charge in [0.05, 0.1) is 0 Å². The number of halogens is 1. The molecule has 0 heterocycles. The van der Waals surface area contributed by atoms with Crippen LogP contribution in [0.25, 0.3) is 0 Å². The number of carbonyl (C=O) groups excluding carboxylic acids is 1. The fourth-order valence-electron chi connectivity index (χ4n) is 1.34. The highest BCUT2D eigenvalue weighted by atomic mass is 127. The van der Waals surface area contributed by atoms with Crippen molar-refractivity contribution < 1.29 is 9.53 Å². The Morgan fingerprint density at radius 1 is 1.25 bits per heavy atom. The molecule has 3 nitrogen and oxygen atoms in total. The van der Waals surface area contributed by atoms with Gasteiger partial charge in [0.15, 0.2) is 6.61 Å². The average Bonchev–Trinajstić information content (AvgIpc) is 2.30. The molecule has 1 amide bonds. The van der Waals surface area contributed by atoms with E-state index >= 15 is 0 Å². The number of carbonyl (C=O) groups is 1. The third kappa shape index (κ3) is 4.00. The van der Waals surface area contributed by atoms with Crippen LogP contribution in [0, 0.1) is 3.57 Å². The molecule has 0 aliphatic carbocycles. The van der Waals surface area contributed by atoms with Gasteiger partial charge in [0.2, 0.25) is 0 Å². The third-order valence-electron chi connectivity index (χ3n) is 2.29. The van der Waals surface area contributed by atoms with Crippen LogP contribution in [0.1, 0.15) is 13.8 Å². The Kier molecular flexibility index (Phi) is 5.59. The molecule has 0 aliphatic rings. The van der Waals surface area contributed by atoms with E-state index in [4.69, 9.17) is 4.74 Å². The highest BCUT2D eigenvalue weighted by Gasteiger charge is 2.09. The minimum absolute atomic E-state index is 0.0311. The topological polar surface area (TPSA) is 29.5 Å². The van der Waals surface area contributed by atoms with E-state index in [2.05, 4.69) is 22.6 Å². The van der Waals surface area contributed by atoms with Gasteiger partial charge in [-0.1, -0.05) is 0 Å². The molecule has 4 heteroatoms. The summed E-state index contributed by atoms with van der Waals surface area (Å²) in [6, 6.07) is 7.66. The lowest BCUT2D eigenvalue weighted by molar-refractivity contribution is -0.132. The zero-order valence-electron chi connectivity index (χ0n) is 9.57. The second-order valence-corrected chi connectivity index (χ2v) is 4.55. The Hall–Kier alpha value is -0.780. The van der Waals surface area contributed by atoms with E-state index in [-0.39, 0.29) is 12.5 Å². The first-order valence-electron chi connectivity index (χ1n) is 5.33. The van der Waals surface area contributed by atoms with Crippen LogP contribution in [0.3, 0.4) is 0 Å². The number of nitrogens with zero attached hydrogens (tertiary/aromatic N) is 1. The lowest BCUT2D eigenvalue weighted by Gasteiger charge is -2.18. The van der Waals surface area contributed by atoms with Crippen molar-refractivity contribution in [1.29, 1.82) is 0 Å². The summed E-state index contributed by atoms with van der Waals surface area (Å²) in [5.74, 6) is 0.768. The van der Waals surface area contributed by atoms with Crippen LogP contribution < -0.4 is 4.74 Å². The summed E-state index contributed by atoms with van der Waals surface area (Å²) in [7, 11) is 0. The summed E-state index contributed by atoms with van der Waals surface area (Å²) >= 11 is 2.23. The van der Waals surface area contributed by atoms with Gasteiger partial charge in [-0.3, -0.25) is 4.79 Å². The molecule has 0 aromatic heterocycles. The lowest BCUT2D eigenvalue weighted by Crippen LogP contribution is -2.34. The summed E-state index contributed by atoms with van der Waals surface area (Å²) in [4.78, 5) is 13.4. The summed E-state index contributed by atoms with van der Waals surface area (Å²) in [6.45, 7) is 5.50. The van der Waals surface area contributed by atoms with E-state index in [0.29, 0.717) is 0 Å². The highest BCUT2D eigenvalue weighted by molar-refractivity contribution is 14.1. The number of rotatable bonds is 5. The minimum atomic E-state index is 0.0311. The van der Waals surface area contributed by atoms with Crippen molar-refractivity contribution in [2.45, 2.75) is 13.8 Å². The first kappa shape index (κ1) is 13.3. The fraction of sp³-hybridized carbons (Fsp3) is 0.417. The quantitative estimate of drug-likeness (QED) is 0.775. The van der Waals surface area contributed by atoms with E-state index in [1.54, 1.807) is 4.90 Å². The van der Waals surface area contributed by atoms with Crippen molar-refractivity contribution in [1.82, 2.24) is 4.90 Å². The molecular weight excluding hydrogens is 317 g/mol. The van der Waals surface area contributed by atoms with Gasteiger partial charge in [-0.15, -0.1) is 0 Å². The molecule has 0 bridgehead atoms. The second kappa shape index (κ2) is 6.73. The molecule has 0 N–H and O–H groups in total. The molecule has 0 radical (unpaired) electrons. The van der Waals surface area contributed by atoms with Crippen molar-refractivity contribution in [2.75, 3.05) is 19.7 Å². The van der Waals surface area contributed by atoms with E-state index in [1.807, 2.05) is 38.1 Å². The molecule has 0 fully saturated rings. The molecule has 0 atom stereocenters. The Morgan fingerprint density at radius 2 is 1.81 bits per heavy atom. The molecule has 0 aliphatic heterocycles. The molecule has 0 unspecified atom stereocenters. The van der Waals surface area contributed by atoms with Gasteiger partial charge in [-0.05, 0) is 60.7 Å². The van der Waals surface area contributed by atoms with E-state index in [1.165, 1.54) is 0 Å². The number of benzene rings is 1. The van der Waals surface area contributed by atoms with Crippen LogP contribution >= 0.6 is 22.6 Å². The average molecular weight is 333 g/mol. The predicted molar refractivity (Wildman–Crippen MR) is 72.6 cm³/mol. The maximum absolute atomic E-state index is 11.6. The number of likely N-dealkylation sites (N-methyl/N-ethyl adjacent to an activating group) is 1. The first-order chi connectivity index (χ1) is 7.67. The van der Waals surface area contributed by atoms with Gasteiger partial charge in [0.1, 0.15) is 5.75 Å². The zero-order chi connectivity index (χ0) is 12.0. The molecule has 0 saturated carbocycles. The van der Waals surface area contributed by atoms with Crippen molar-refractivity contribution in [3.05, 3.63) is 27.8 Å². The van der Waals surface area contributed by atoms with Gasteiger partial charge in [-0.2, -0.15) is 0 Å². The van der Waals surface area contributed by atoms with Crippen LogP contribution in [0.15, 0.2) is 24.3 Å².